The summed E-state index contributed by atoms with van der Waals surface area (Å²) in [5.41, 5.74) is 6.39. The van der Waals surface area contributed by atoms with Crippen molar-refractivity contribution in [2.75, 3.05) is 25.0 Å². The SMILES string of the molecule is CC1CCCN(CC(=O)Nc2cc(Cl)ccc2Cl)C1CN. The Bertz CT molecular complexity index is 510. The second-order valence-corrected chi connectivity index (χ2v) is 6.41. The van der Waals surface area contributed by atoms with E-state index in [2.05, 4.69) is 17.1 Å². The summed E-state index contributed by atoms with van der Waals surface area (Å²) < 4.78 is 0. The first-order valence-corrected chi connectivity index (χ1v) is 7.96. The highest BCUT2D eigenvalue weighted by Crippen LogP contribution is 2.26. The summed E-state index contributed by atoms with van der Waals surface area (Å²) in [4.78, 5) is 14.4. The van der Waals surface area contributed by atoms with Crippen LogP contribution in [-0.4, -0.2) is 36.5 Å². The Balaban J connectivity index is 1.99. The molecule has 1 fully saturated rings. The summed E-state index contributed by atoms with van der Waals surface area (Å²) in [5.74, 6) is 0.429. The summed E-state index contributed by atoms with van der Waals surface area (Å²) in [6.07, 6.45) is 2.27. The van der Waals surface area contributed by atoms with Gasteiger partial charge in [0.05, 0.1) is 17.3 Å². The van der Waals surface area contributed by atoms with Gasteiger partial charge < -0.3 is 11.1 Å². The minimum Gasteiger partial charge on any atom is -0.329 e. The van der Waals surface area contributed by atoms with E-state index in [4.69, 9.17) is 28.9 Å². The molecule has 1 aromatic carbocycles. The second kappa shape index (κ2) is 7.45. The number of hydrogen-bond donors (Lipinski definition) is 2. The third-order valence-electron chi connectivity index (χ3n) is 4.02. The Morgan fingerprint density at radius 2 is 2.24 bits per heavy atom. The number of carbonyl (C=O) groups is 1. The molecule has 0 saturated carbocycles. The highest BCUT2D eigenvalue weighted by atomic mass is 35.5. The maximum Gasteiger partial charge on any atom is 0.238 e. The van der Waals surface area contributed by atoms with Crippen molar-refractivity contribution in [1.82, 2.24) is 4.90 Å². The molecule has 1 aliphatic rings. The molecule has 116 valence electrons. The zero-order valence-electron chi connectivity index (χ0n) is 12.1. The first-order chi connectivity index (χ1) is 10.0. The average Bonchev–Trinajstić information content (AvgIpc) is 2.43. The third kappa shape index (κ3) is 4.33. The van der Waals surface area contributed by atoms with Crippen molar-refractivity contribution in [2.45, 2.75) is 25.8 Å². The predicted octanol–water partition coefficient (Wildman–Crippen LogP) is 2.99. The molecule has 0 aromatic heterocycles. The van der Waals surface area contributed by atoms with E-state index >= 15 is 0 Å². The average molecular weight is 330 g/mol. The summed E-state index contributed by atoms with van der Waals surface area (Å²) in [5, 5.41) is 3.84. The van der Waals surface area contributed by atoms with Crippen molar-refractivity contribution < 1.29 is 4.79 Å². The maximum absolute atomic E-state index is 12.2. The molecular weight excluding hydrogens is 309 g/mol. The molecule has 0 radical (unpaired) electrons. The molecule has 1 aliphatic heterocycles. The summed E-state index contributed by atoms with van der Waals surface area (Å²) >= 11 is 12.0. The number of rotatable bonds is 4. The Morgan fingerprint density at radius 3 is 2.95 bits per heavy atom. The first-order valence-electron chi connectivity index (χ1n) is 7.20. The summed E-state index contributed by atoms with van der Waals surface area (Å²) in [6, 6.07) is 5.28. The van der Waals surface area contributed by atoms with E-state index in [0.29, 0.717) is 34.7 Å². The van der Waals surface area contributed by atoms with E-state index in [-0.39, 0.29) is 11.9 Å². The number of nitrogens with one attached hydrogen (secondary N) is 1. The lowest BCUT2D eigenvalue weighted by Gasteiger charge is -2.38. The van der Waals surface area contributed by atoms with Crippen LogP contribution < -0.4 is 11.1 Å². The van der Waals surface area contributed by atoms with Gasteiger partial charge in [-0.25, -0.2) is 0 Å². The Hall–Kier alpha value is -0.810. The molecule has 21 heavy (non-hydrogen) atoms. The number of benzene rings is 1. The highest BCUT2D eigenvalue weighted by Gasteiger charge is 2.28. The number of halogens is 2. The fourth-order valence-electron chi connectivity index (χ4n) is 2.88. The molecule has 0 bridgehead atoms. The predicted molar refractivity (Wildman–Crippen MR) is 87.9 cm³/mol. The Labute approximate surface area is 135 Å². The summed E-state index contributed by atoms with van der Waals surface area (Å²) in [6.45, 7) is 4.00. The van der Waals surface area contributed by atoms with Crippen LogP contribution in [0.25, 0.3) is 0 Å². The number of carbonyl (C=O) groups excluding carboxylic acids is 1. The van der Waals surface area contributed by atoms with Gasteiger partial charge in [0, 0.05) is 17.6 Å². The van der Waals surface area contributed by atoms with Gasteiger partial charge >= 0.3 is 0 Å². The summed E-state index contributed by atoms with van der Waals surface area (Å²) in [7, 11) is 0. The maximum atomic E-state index is 12.2. The van der Waals surface area contributed by atoms with Crippen molar-refractivity contribution in [3.8, 4) is 0 Å². The fourth-order valence-corrected chi connectivity index (χ4v) is 3.22. The van der Waals surface area contributed by atoms with Gasteiger partial charge in [-0.2, -0.15) is 0 Å². The van der Waals surface area contributed by atoms with Crippen molar-refractivity contribution >= 4 is 34.8 Å². The van der Waals surface area contributed by atoms with Crippen LogP contribution in [0.2, 0.25) is 10.0 Å². The number of nitrogens with zero attached hydrogens (tertiary/aromatic N) is 1. The van der Waals surface area contributed by atoms with E-state index in [9.17, 15) is 4.79 Å². The van der Waals surface area contributed by atoms with Gasteiger partial charge in [-0.3, -0.25) is 9.69 Å². The molecule has 2 unspecified atom stereocenters. The topological polar surface area (TPSA) is 58.4 Å². The van der Waals surface area contributed by atoms with E-state index in [1.54, 1.807) is 18.2 Å². The molecule has 3 N–H and O–H groups in total. The Morgan fingerprint density at radius 1 is 1.48 bits per heavy atom. The van der Waals surface area contributed by atoms with E-state index in [1.165, 1.54) is 6.42 Å². The molecule has 1 aromatic rings. The molecule has 1 heterocycles. The molecule has 4 nitrogen and oxygen atoms in total. The van der Waals surface area contributed by atoms with Gasteiger partial charge in [-0.1, -0.05) is 30.1 Å². The monoisotopic (exact) mass is 329 g/mol. The third-order valence-corrected chi connectivity index (χ3v) is 4.59. The van der Waals surface area contributed by atoms with Gasteiger partial charge in [0.2, 0.25) is 5.91 Å². The highest BCUT2D eigenvalue weighted by molar-refractivity contribution is 6.35. The van der Waals surface area contributed by atoms with Crippen LogP contribution in [0.15, 0.2) is 18.2 Å². The fraction of sp³-hybridized carbons (Fsp3) is 0.533. The van der Waals surface area contributed by atoms with Crippen molar-refractivity contribution in [3.05, 3.63) is 28.2 Å². The van der Waals surface area contributed by atoms with Gasteiger partial charge in [-0.15, -0.1) is 0 Å². The number of amides is 1. The van der Waals surface area contributed by atoms with E-state index in [0.717, 1.165) is 13.0 Å². The van der Waals surface area contributed by atoms with Gasteiger partial charge in [0.15, 0.2) is 0 Å². The quantitative estimate of drug-likeness (QED) is 0.892. The number of anilines is 1. The lowest BCUT2D eigenvalue weighted by atomic mass is 9.91. The lowest BCUT2D eigenvalue weighted by molar-refractivity contribution is -0.118. The number of piperidine rings is 1. The number of hydrogen-bond acceptors (Lipinski definition) is 3. The minimum absolute atomic E-state index is 0.0910. The van der Waals surface area contributed by atoms with Crippen molar-refractivity contribution in [1.29, 1.82) is 0 Å². The Kier molecular flexibility index (Phi) is 5.88. The normalized spacial score (nSPS) is 23.0. The van der Waals surface area contributed by atoms with Crippen molar-refractivity contribution in [2.24, 2.45) is 11.7 Å². The molecule has 0 spiro atoms. The standard InChI is InChI=1S/C15H21Cl2N3O/c1-10-3-2-6-20(14(10)8-18)9-15(21)19-13-7-11(16)4-5-12(13)17/h4-5,7,10,14H,2-3,6,8-9,18H2,1H3,(H,19,21). The van der Waals surface area contributed by atoms with Crippen LogP contribution in [0, 0.1) is 5.92 Å². The van der Waals surface area contributed by atoms with Crippen molar-refractivity contribution in [3.63, 3.8) is 0 Å². The first kappa shape index (κ1) is 16.6. The van der Waals surface area contributed by atoms with Crippen LogP contribution in [0.5, 0.6) is 0 Å². The zero-order chi connectivity index (χ0) is 15.4. The van der Waals surface area contributed by atoms with Gasteiger partial charge in [0.25, 0.3) is 0 Å². The van der Waals surface area contributed by atoms with Gasteiger partial charge in [0.1, 0.15) is 0 Å². The minimum atomic E-state index is -0.0910. The van der Waals surface area contributed by atoms with Gasteiger partial charge in [-0.05, 0) is 43.5 Å². The number of likely N-dealkylation sites (tertiary alicyclic amines) is 1. The number of nitrogens with two attached hydrogens (primary N) is 1. The molecular formula is C15H21Cl2N3O. The zero-order valence-corrected chi connectivity index (χ0v) is 13.6. The van der Waals surface area contributed by atoms with Crippen LogP contribution in [0.4, 0.5) is 5.69 Å². The van der Waals surface area contributed by atoms with E-state index < -0.39 is 0 Å². The molecule has 2 atom stereocenters. The largest absolute Gasteiger partial charge is 0.329 e. The molecule has 0 aliphatic carbocycles. The van der Waals surface area contributed by atoms with E-state index in [1.807, 2.05) is 0 Å². The van der Waals surface area contributed by atoms with Crippen LogP contribution >= 0.6 is 23.2 Å². The van der Waals surface area contributed by atoms with Crippen LogP contribution in [0.3, 0.4) is 0 Å². The second-order valence-electron chi connectivity index (χ2n) is 5.57. The molecule has 1 amide bonds. The molecule has 1 saturated heterocycles. The van der Waals surface area contributed by atoms with Crippen LogP contribution in [0.1, 0.15) is 19.8 Å². The molecule has 6 heteroatoms. The molecule has 2 rings (SSSR count). The smallest absolute Gasteiger partial charge is 0.238 e. The lowest BCUT2D eigenvalue weighted by Crippen LogP contribution is -2.51. The van der Waals surface area contributed by atoms with Crippen LogP contribution in [-0.2, 0) is 4.79 Å².